The number of furan rings is 1. The van der Waals surface area contributed by atoms with Crippen molar-refractivity contribution in [2.24, 2.45) is 0 Å². The number of aromatic nitrogens is 2. The molecule has 0 bridgehead atoms. The lowest BCUT2D eigenvalue weighted by molar-refractivity contribution is 0.281. The van der Waals surface area contributed by atoms with Crippen LogP contribution in [0.3, 0.4) is 0 Å². The first-order chi connectivity index (χ1) is 10.2. The van der Waals surface area contributed by atoms with Crippen molar-refractivity contribution in [1.82, 2.24) is 9.97 Å². The zero-order valence-corrected chi connectivity index (χ0v) is 12.0. The number of nitrogens with zero attached hydrogens (tertiary/aromatic N) is 2. The van der Waals surface area contributed by atoms with Crippen LogP contribution in [0.25, 0.3) is 0 Å². The molecule has 1 atom stereocenters. The Kier molecular flexibility index (Phi) is 4.06. The molecule has 2 aromatic rings. The molecule has 6 nitrogen and oxygen atoms in total. The molecule has 3 rings (SSSR count). The lowest BCUT2D eigenvalue weighted by atomic mass is 10.2. The molecule has 0 unspecified atom stereocenters. The fourth-order valence-corrected chi connectivity index (χ4v) is 2.07. The minimum absolute atomic E-state index is 0.0478. The van der Waals surface area contributed by atoms with Gasteiger partial charge in [-0.15, -0.1) is 0 Å². The first kappa shape index (κ1) is 13.9. The zero-order chi connectivity index (χ0) is 14.7. The molecule has 1 saturated carbocycles. The molecular formula is C15H20N4O2. The molecule has 1 fully saturated rings. The van der Waals surface area contributed by atoms with Crippen LogP contribution >= 0.6 is 0 Å². The standard InChI is InChI=1S/C15H20N4O2/c1-10(9-20)17-15-18-13(11-4-5-11)7-14(19-15)16-8-12-3-2-6-21-12/h2-3,6-7,10-11,20H,4-5,8-9H2,1H3,(H2,16,17,18,19)/t10-/m1/s1. The van der Waals surface area contributed by atoms with Crippen LogP contribution in [0, 0.1) is 0 Å². The Morgan fingerprint density at radius 2 is 2.29 bits per heavy atom. The van der Waals surface area contributed by atoms with Gasteiger partial charge in [0.15, 0.2) is 0 Å². The third-order valence-corrected chi connectivity index (χ3v) is 3.41. The fourth-order valence-electron chi connectivity index (χ4n) is 2.07. The van der Waals surface area contributed by atoms with Crippen molar-refractivity contribution in [3.63, 3.8) is 0 Å². The van der Waals surface area contributed by atoms with Gasteiger partial charge in [-0.25, -0.2) is 4.98 Å². The van der Waals surface area contributed by atoms with Crippen molar-refractivity contribution in [3.8, 4) is 0 Å². The van der Waals surface area contributed by atoms with Crippen LogP contribution in [0.2, 0.25) is 0 Å². The lowest BCUT2D eigenvalue weighted by Gasteiger charge is -2.13. The summed E-state index contributed by atoms with van der Waals surface area (Å²) in [6.45, 7) is 2.53. The quantitative estimate of drug-likeness (QED) is 0.725. The molecule has 2 aromatic heterocycles. The summed E-state index contributed by atoms with van der Waals surface area (Å²) in [5.74, 6) is 2.74. The topological polar surface area (TPSA) is 83.2 Å². The van der Waals surface area contributed by atoms with Gasteiger partial charge in [-0.3, -0.25) is 0 Å². The molecule has 2 heterocycles. The Bertz CT molecular complexity index is 581. The molecule has 0 radical (unpaired) electrons. The number of anilines is 2. The first-order valence-corrected chi connectivity index (χ1v) is 7.27. The number of aliphatic hydroxyl groups excluding tert-OH is 1. The molecule has 0 amide bonds. The second kappa shape index (κ2) is 6.13. The van der Waals surface area contributed by atoms with E-state index in [9.17, 15) is 0 Å². The largest absolute Gasteiger partial charge is 0.467 e. The van der Waals surface area contributed by atoms with E-state index in [0.717, 1.165) is 17.3 Å². The van der Waals surface area contributed by atoms with Crippen LogP contribution in [-0.4, -0.2) is 27.7 Å². The monoisotopic (exact) mass is 288 g/mol. The highest BCUT2D eigenvalue weighted by molar-refractivity contribution is 5.44. The Hall–Kier alpha value is -2.08. The van der Waals surface area contributed by atoms with Gasteiger partial charge in [-0.2, -0.15) is 4.98 Å². The van der Waals surface area contributed by atoms with Crippen molar-refractivity contribution in [2.45, 2.75) is 38.3 Å². The summed E-state index contributed by atoms with van der Waals surface area (Å²) >= 11 is 0. The third-order valence-electron chi connectivity index (χ3n) is 3.41. The Morgan fingerprint density at radius 3 is 2.95 bits per heavy atom. The summed E-state index contributed by atoms with van der Waals surface area (Å²) in [4.78, 5) is 8.98. The van der Waals surface area contributed by atoms with E-state index in [1.165, 1.54) is 12.8 Å². The Balaban J connectivity index is 1.74. The number of rotatable bonds is 7. The van der Waals surface area contributed by atoms with Gasteiger partial charge in [0.05, 0.1) is 25.1 Å². The number of nitrogens with one attached hydrogen (secondary N) is 2. The van der Waals surface area contributed by atoms with Crippen molar-refractivity contribution < 1.29 is 9.52 Å². The van der Waals surface area contributed by atoms with E-state index in [0.29, 0.717) is 18.4 Å². The summed E-state index contributed by atoms with van der Waals surface area (Å²) in [5.41, 5.74) is 1.06. The number of aliphatic hydroxyl groups is 1. The highest BCUT2D eigenvalue weighted by atomic mass is 16.3. The SMILES string of the molecule is C[C@H](CO)Nc1nc(NCc2ccco2)cc(C2CC2)n1. The second-order valence-electron chi connectivity index (χ2n) is 5.44. The van der Waals surface area contributed by atoms with Gasteiger partial charge in [0.2, 0.25) is 5.95 Å². The van der Waals surface area contributed by atoms with E-state index in [-0.39, 0.29) is 12.6 Å². The van der Waals surface area contributed by atoms with Crippen LogP contribution in [0.1, 0.15) is 37.1 Å². The smallest absolute Gasteiger partial charge is 0.225 e. The minimum atomic E-state index is -0.0719. The molecule has 6 heteroatoms. The molecule has 21 heavy (non-hydrogen) atoms. The highest BCUT2D eigenvalue weighted by Gasteiger charge is 2.26. The number of hydrogen-bond acceptors (Lipinski definition) is 6. The maximum Gasteiger partial charge on any atom is 0.225 e. The van der Waals surface area contributed by atoms with E-state index in [1.54, 1.807) is 6.26 Å². The first-order valence-electron chi connectivity index (χ1n) is 7.27. The molecule has 3 N–H and O–H groups in total. The average molecular weight is 288 g/mol. The molecule has 1 aliphatic rings. The molecule has 0 aromatic carbocycles. The van der Waals surface area contributed by atoms with Crippen LogP contribution in [0.4, 0.5) is 11.8 Å². The summed E-state index contributed by atoms with van der Waals surface area (Å²) in [6, 6.07) is 5.71. The molecular weight excluding hydrogens is 268 g/mol. The van der Waals surface area contributed by atoms with Crippen LogP contribution in [-0.2, 0) is 6.54 Å². The average Bonchev–Trinajstić information content (AvgIpc) is 3.21. The molecule has 112 valence electrons. The van der Waals surface area contributed by atoms with Gasteiger partial charge < -0.3 is 20.2 Å². The van der Waals surface area contributed by atoms with Gasteiger partial charge in [-0.05, 0) is 31.9 Å². The van der Waals surface area contributed by atoms with Crippen molar-refractivity contribution in [2.75, 3.05) is 17.2 Å². The van der Waals surface area contributed by atoms with Gasteiger partial charge in [-0.1, -0.05) is 0 Å². The molecule has 0 saturated heterocycles. The Morgan fingerprint density at radius 1 is 1.43 bits per heavy atom. The summed E-state index contributed by atoms with van der Waals surface area (Å²) in [6.07, 6.45) is 4.02. The van der Waals surface area contributed by atoms with Crippen molar-refractivity contribution in [1.29, 1.82) is 0 Å². The molecule has 0 spiro atoms. The van der Waals surface area contributed by atoms with E-state index in [1.807, 2.05) is 25.1 Å². The second-order valence-corrected chi connectivity index (χ2v) is 5.44. The maximum absolute atomic E-state index is 9.14. The molecule has 0 aliphatic heterocycles. The van der Waals surface area contributed by atoms with E-state index < -0.39 is 0 Å². The van der Waals surface area contributed by atoms with Crippen LogP contribution in [0.5, 0.6) is 0 Å². The summed E-state index contributed by atoms with van der Waals surface area (Å²) in [5, 5.41) is 15.5. The normalized spacial score (nSPS) is 15.7. The van der Waals surface area contributed by atoms with Crippen molar-refractivity contribution in [3.05, 3.63) is 35.9 Å². The van der Waals surface area contributed by atoms with E-state index in [4.69, 9.17) is 9.52 Å². The van der Waals surface area contributed by atoms with Crippen molar-refractivity contribution >= 4 is 11.8 Å². The van der Waals surface area contributed by atoms with Crippen LogP contribution in [0.15, 0.2) is 28.9 Å². The van der Waals surface area contributed by atoms with E-state index >= 15 is 0 Å². The third kappa shape index (κ3) is 3.72. The predicted octanol–water partition coefficient (Wildman–Crippen LogP) is 2.35. The van der Waals surface area contributed by atoms with Gasteiger partial charge in [0.25, 0.3) is 0 Å². The maximum atomic E-state index is 9.14. The van der Waals surface area contributed by atoms with Gasteiger partial charge in [0, 0.05) is 18.0 Å². The lowest BCUT2D eigenvalue weighted by Crippen LogP contribution is -2.21. The zero-order valence-electron chi connectivity index (χ0n) is 12.0. The van der Waals surface area contributed by atoms with Crippen LogP contribution < -0.4 is 10.6 Å². The highest BCUT2D eigenvalue weighted by Crippen LogP contribution is 2.39. The summed E-state index contributed by atoms with van der Waals surface area (Å²) < 4.78 is 5.30. The van der Waals surface area contributed by atoms with Gasteiger partial charge >= 0.3 is 0 Å². The Labute approximate surface area is 123 Å². The number of hydrogen-bond donors (Lipinski definition) is 3. The predicted molar refractivity (Wildman–Crippen MR) is 80.2 cm³/mol. The van der Waals surface area contributed by atoms with E-state index in [2.05, 4.69) is 20.6 Å². The summed E-state index contributed by atoms with van der Waals surface area (Å²) in [7, 11) is 0. The minimum Gasteiger partial charge on any atom is -0.467 e. The fraction of sp³-hybridized carbons (Fsp3) is 0.467. The van der Waals surface area contributed by atoms with Gasteiger partial charge in [0.1, 0.15) is 11.6 Å². The molecule has 1 aliphatic carbocycles.